The molecule has 0 unspecified atom stereocenters. The summed E-state index contributed by atoms with van der Waals surface area (Å²) in [5.74, 6) is 0.967. The van der Waals surface area contributed by atoms with Gasteiger partial charge in [-0.25, -0.2) is 0 Å². The monoisotopic (exact) mass is 332 g/mol. The van der Waals surface area contributed by atoms with Gasteiger partial charge in [0, 0.05) is 29.7 Å². The Hall–Kier alpha value is -1.46. The number of nitrogens with one attached hydrogen (secondary N) is 1. The van der Waals surface area contributed by atoms with Gasteiger partial charge in [0.05, 0.1) is 5.69 Å². The molecule has 5 heteroatoms. The summed E-state index contributed by atoms with van der Waals surface area (Å²) in [6.45, 7) is 4.13. The Kier molecular flexibility index (Phi) is 4.28. The molecule has 0 aliphatic carbocycles. The van der Waals surface area contributed by atoms with E-state index in [-0.39, 0.29) is 0 Å². The molecule has 2 aromatic rings. The van der Waals surface area contributed by atoms with Crippen LogP contribution in [0, 0.1) is 0 Å². The molecule has 1 aliphatic heterocycles. The summed E-state index contributed by atoms with van der Waals surface area (Å²) >= 11 is 3.44. The summed E-state index contributed by atoms with van der Waals surface area (Å²) in [4.78, 5) is 2.29. The first-order valence-corrected chi connectivity index (χ1v) is 7.67. The standard InChI is InChI=1S/C15H17BrN4/c16-13-4-2-12(3-5-13)14-6-7-15(19-18-14)20-10-1-8-17-9-11-20/h2-7,17H,1,8-11H2. The van der Waals surface area contributed by atoms with E-state index in [9.17, 15) is 0 Å². The molecule has 1 N–H and O–H groups in total. The third-order valence-electron chi connectivity index (χ3n) is 3.45. The van der Waals surface area contributed by atoms with Gasteiger partial charge in [0.25, 0.3) is 0 Å². The zero-order valence-electron chi connectivity index (χ0n) is 11.2. The molecule has 1 aromatic carbocycles. The molecule has 4 nitrogen and oxygen atoms in total. The Labute approximate surface area is 127 Å². The Morgan fingerprint density at radius 1 is 0.950 bits per heavy atom. The molecule has 20 heavy (non-hydrogen) atoms. The van der Waals surface area contributed by atoms with Gasteiger partial charge < -0.3 is 10.2 Å². The van der Waals surface area contributed by atoms with Crippen LogP contribution in [0.15, 0.2) is 40.9 Å². The lowest BCUT2D eigenvalue weighted by Crippen LogP contribution is -2.28. The van der Waals surface area contributed by atoms with E-state index < -0.39 is 0 Å². The molecule has 0 spiro atoms. The molecule has 0 bridgehead atoms. The quantitative estimate of drug-likeness (QED) is 0.918. The number of hydrogen-bond acceptors (Lipinski definition) is 4. The number of benzene rings is 1. The number of nitrogens with zero attached hydrogens (tertiary/aromatic N) is 3. The molecule has 1 fully saturated rings. The van der Waals surface area contributed by atoms with Crippen LogP contribution in [0.25, 0.3) is 11.3 Å². The topological polar surface area (TPSA) is 41.0 Å². The van der Waals surface area contributed by atoms with Gasteiger partial charge in [-0.05, 0) is 37.2 Å². The predicted octanol–water partition coefficient (Wildman–Crippen LogP) is 2.71. The lowest BCUT2D eigenvalue weighted by Gasteiger charge is -2.20. The van der Waals surface area contributed by atoms with Crippen molar-refractivity contribution >= 4 is 21.7 Å². The maximum Gasteiger partial charge on any atom is 0.151 e. The van der Waals surface area contributed by atoms with Gasteiger partial charge in [0.1, 0.15) is 0 Å². The lowest BCUT2D eigenvalue weighted by atomic mass is 10.1. The van der Waals surface area contributed by atoms with Gasteiger partial charge in [-0.2, -0.15) is 0 Å². The fraction of sp³-hybridized carbons (Fsp3) is 0.333. The highest BCUT2D eigenvalue weighted by atomic mass is 79.9. The Bertz CT molecular complexity index is 545. The van der Waals surface area contributed by atoms with Crippen molar-refractivity contribution in [1.29, 1.82) is 0 Å². The maximum absolute atomic E-state index is 4.38. The van der Waals surface area contributed by atoms with Gasteiger partial charge >= 0.3 is 0 Å². The van der Waals surface area contributed by atoms with Crippen molar-refractivity contribution in [3.63, 3.8) is 0 Å². The van der Waals surface area contributed by atoms with Crippen molar-refractivity contribution in [2.75, 3.05) is 31.1 Å². The first-order chi connectivity index (χ1) is 9.83. The highest BCUT2D eigenvalue weighted by molar-refractivity contribution is 9.10. The summed E-state index contributed by atoms with van der Waals surface area (Å²) in [7, 11) is 0. The summed E-state index contributed by atoms with van der Waals surface area (Å²) in [5.41, 5.74) is 2.00. The third-order valence-corrected chi connectivity index (χ3v) is 3.98. The minimum atomic E-state index is 0.911. The first kappa shape index (κ1) is 13.5. The second-order valence-corrected chi connectivity index (χ2v) is 5.79. The minimum absolute atomic E-state index is 0.911. The van der Waals surface area contributed by atoms with Crippen LogP contribution < -0.4 is 10.2 Å². The van der Waals surface area contributed by atoms with Crippen LogP contribution in [-0.4, -0.2) is 36.4 Å². The van der Waals surface area contributed by atoms with Crippen LogP contribution >= 0.6 is 15.9 Å². The van der Waals surface area contributed by atoms with E-state index in [1.165, 1.54) is 0 Å². The predicted molar refractivity (Wildman–Crippen MR) is 84.9 cm³/mol. The zero-order valence-corrected chi connectivity index (χ0v) is 12.8. The van der Waals surface area contributed by atoms with E-state index in [1.807, 2.05) is 30.3 Å². The summed E-state index contributed by atoms with van der Waals surface area (Å²) in [6, 6.07) is 12.2. The molecule has 0 radical (unpaired) electrons. The highest BCUT2D eigenvalue weighted by Crippen LogP contribution is 2.21. The summed E-state index contributed by atoms with van der Waals surface area (Å²) in [5, 5.41) is 12.1. The number of hydrogen-bond donors (Lipinski definition) is 1. The van der Waals surface area contributed by atoms with Crippen LogP contribution in [0.4, 0.5) is 5.82 Å². The van der Waals surface area contributed by atoms with Crippen LogP contribution in [-0.2, 0) is 0 Å². The molecular formula is C15H17BrN4. The first-order valence-electron chi connectivity index (χ1n) is 6.88. The molecule has 3 rings (SSSR count). The van der Waals surface area contributed by atoms with E-state index in [4.69, 9.17) is 0 Å². The largest absolute Gasteiger partial charge is 0.354 e. The Balaban J connectivity index is 1.78. The molecule has 0 saturated carbocycles. The SMILES string of the molecule is Brc1ccc(-c2ccc(N3CCCNCC3)nn2)cc1. The van der Waals surface area contributed by atoms with Crippen LogP contribution in [0.3, 0.4) is 0 Å². The fourth-order valence-electron chi connectivity index (χ4n) is 2.34. The second kappa shape index (κ2) is 6.33. The van der Waals surface area contributed by atoms with Gasteiger partial charge in [-0.3, -0.25) is 0 Å². The van der Waals surface area contributed by atoms with E-state index >= 15 is 0 Å². The Morgan fingerprint density at radius 3 is 2.55 bits per heavy atom. The second-order valence-electron chi connectivity index (χ2n) is 4.87. The molecule has 1 aromatic heterocycles. The molecule has 0 atom stereocenters. The lowest BCUT2D eigenvalue weighted by molar-refractivity contribution is 0.724. The number of rotatable bonds is 2. The minimum Gasteiger partial charge on any atom is -0.354 e. The van der Waals surface area contributed by atoms with Gasteiger partial charge in [0.15, 0.2) is 5.82 Å². The average Bonchev–Trinajstić information content (AvgIpc) is 2.77. The molecule has 1 aliphatic rings. The zero-order chi connectivity index (χ0) is 13.8. The summed E-state index contributed by atoms with van der Waals surface area (Å²) in [6.07, 6.45) is 1.15. The van der Waals surface area contributed by atoms with E-state index in [2.05, 4.69) is 42.4 Å². The van der Waals surface area contributed by atoms with Crippen molar-refractivity contribution in [3.05, 3.63) is 40.9 Å². The smallest absolute Gasteiger partial charge is 0.151 e. The van der Waals surface area contributed by atoms with Crippen molar-refractivity contribution in [1.82, 2.24) is 15.5 Å². The fourth-order valence-corrected chi connectivity index (χ4v) is 2.61. The molecular weight excluding hydrogens is 316 g/mol. The van der Waals surface area contributed by atoms with Gasteiger partial charge in [-0.15, -0.1) is 10.2 Å². The van der Waals surface area contributed by atoms with Crippen molar-refractivity contribution < 1.29 is 0 Å². The van der Waals surface area contributed by atoms with Gasteiger partial charge in [0.2, 0.25) is 0 Å². The normalized spacial score (nSPS) is 15.9. The van der Waals surface area contributed by atoms with E-state index in [1.54, 1.807) is 0 Å². The van der Waals surface area contributed by atoms with Crippen molar-refractivity contribution in [3.8, 4) is 11.3 Å². The third kappa shape index (κ3) is 3.16. The average molecular weight is 333 g/mol. The number of anilines is 1. The molecule has 2 heterocycles. The maximum atomic E-state index is 4.38. The molecule has 0 amide bonds. The van der Waals surface area contributed by atoms with E-state index in [0.717, 1.165) is 54.1 Å². The van der Waals surface area contributed by atoms with Crippen LogP contribution in [0.2, 0.25) is 0 Å². The van der Waals surface area contributed by atoms with Crippen LogP contribution in [0.1, 0.15) is 6.42 Å². The Morgan fingerprint density at radius 2 is 1.80 bits per heavy atom. The number of aromatic nitrogens is 2. The van der Waals surface area contributed by atoms with Gasteiger partial charge in [-0.1, -0.05) is 28.1 Å². The van der Waals surface area contributed by atoms with E-state index in [0.29, 0.717) is 0 Å². The molecule has 1 saturated heterocycles. The summed E-state index contributed by atoms with van der Waals surface area (Å²) < 4.78 is 1.07. The van der Waals surface area contributed by atoms with Crippen LogP contribution in [0.5, 0.6) is 0 Å². The number of halogens is 1. The molecule has 104 valence electrons. The highest BCUT2D eigenvalue weighted by Gasteiger charge is 2.11. The van der Waals surface area contributed by atoms with Crippen molar-refractivity contribution in [2.45, 2.75) is 6.42 Å². The van der Waals surface area contributed by atoms with Crippen molar-refractivity contribution in [2.24, 2.45) is 0 Å².